The minimum Gasteiger partial charge on any atom is -0.313 e. The van der Waals surface area contributed by atoms with Gasteiger partial charge >= 0.3 is 0 Å². The van der Waals surface area contributed by atoms with Crippen LogP contribution in [0.4, 0.5) is 0 Å². The molecule has 0 fully saturated rings. The maximum absolute atomic E-state index is 3.37. The Bertz CT molecular complexity index is 158. The molecule has 1 rings (SSSR count). The summed E-state index contributed by atoms with van der Waals surface area (Å²) in [7, 11) is 2.04. The van der Waals surface area contributed by atoms with Gasteiger partial charge in [0, 0.05) is 11.0 Å². The van der Waals surface area contributed by atoms with Crippen molar-refractivity contribution >= 4 is 0 Å². The Morgan fingerprint density at radius 3 is 2.10 bits per heavy atom. The minimum absolute atomic E-state index is 0.271. The van der Waals surface area contributed by atoms with Crippen molar-refractivity contribution in [2.45, 2.75) is 32.7 Å². The highest BCUT2D eigenvalue weighted by atomic mass is 15.0. The molecule has 1 atom stereocenters. The third-order valence-corrected chi connectivity index (χ3v) is 3.03. The molecule has 1 aliphatic rings. The van der Waals surface area contributed by atoms with Crippen LogP contribution in [0.2, 0.25) is 0 Å². The maximum atomic E-state index is 3.37. The van der Waals surface area contributed by atoms with Gasteiger partial charge in [-0.05, 0) is 20.4 Å². The summed E-state index contributed by atoms with van der Waals surface area (Å²) in [5.41, 5.74) is 0.578. The zero-order chi connectivity index (χ0) is 7.83. The summed E-state index contributed by atoms with van der Waals surface area (Å²) < 4.78 is 0. The molecule has 1 heteroatoms. The van der Waals surface area contributed by atoms with E-state index in [2.05, 4.69) is 38.2 Å². The fourth-order valence-electron chi connectivity index (χ4n) is 1.46. The van der Waals surface area contributed by atoms with Crippen molar-refractivity contribution in [2.75, 3.05) is 7.05 Å². The van der Waals surface area contributed by atoms with E-state index in [0.29, 0.717) is 5.41 Å². The topological polar surface area (TPSA) is 12.0 Å². The standard InChI is InChI=1S/C9H17N/c1-8(2)6-5-7-9(8,3)10-4/h5-6,10H,7H2,1-4H3. The SMILES string of the molecule is CNC1(C)CC=CC1(C)C. The highest BCUT2D eigenvalue weighted by Gasteiger charge is 2.40. The van der Waals surface area contributed by atoms with Gasteiger partial charge in [-0.2, -0.15) is 0 Å². The lowest BCUT2D eigenvalue weighted by atomic mass is 9.76. The van der Waals surface area contributed by atoms with Gasteiger partial charge in [0.2, 0.25) is 0 Å². The first kappa shape index (κ1) is 7.80. The van der Waals surface area contributed by atoms with Crippen molar-refractivity contribution in [3.63, 3.8) is 0 Å². The maximum Gasteiger partial charge on any atom is 0.0270 e. The van der Waals surface area contributed by atoms with Crippen LogP contribution in [0.3, 0.4) is 0 Å². The molecule has 0 aromatic heterocycles. The van der Waals surface area contributed by atoms with E-state index >= 15 is 0 Å². The third kappa shape index (κ3) is 0.891. The number of nitrogens with one attached hydrogen (secondary N) is 1. The first-order valence-electron chi connectivity index (χ1n) is 3.88. The van der Waals surface area contributed by atoms with Crippen LogP contribution < -0.4 is 5.32 Å². The molecule has 0 saturated heterocycles. The van der Waals surface area contributed by atoms with Crippen LogP contribution in [-0.2, 0) is 0 Å². The van der Waals surface area contributed by atoms with E-state index in [4.69, 9.17) is 0 Å². The quantitative estimate of drug-likeness (QED) is 0.547. The molecule has 1 aliphatic carbocycles. The Morgan fingerprint density at radius 2 is 1.90 bits per heavy atom. The van der Waals surface area contributed by atoms with Gasteiger partial charge in [-0.15, -0.1) is 0 Å². The van der Waals surface area contributed by atoms with Crippen molar-refractivity contribution in [3.8, 4) is 0 Å². The van der Waals surface area contributed by atoms with Gasteiger partial charge in [0.15, 0.2) is 0 Å². The Kier molecular flexibility index (Phi) is 1.63. The summed E-state index contributed by atoms with van der Waals surface area (Å²) in [5.74, 6) is 0. The molecule has 0 bridgehead atoms. The first-order chi connectivity index (χ1) is 4.52. The van der Waals surface area contributed by atoms with Crippen LogP contribution in [0.15, 0.2) is 12.2 Å². The average molecular weight is 139 g/mol. The van der Waals surface area contributed by atoms with E-state index in [1.54, 1.807) is 0 Å². The molecule has 0 spiro atoms. The molecule has 0 aromatic carbocycles. The first-order valence-corrected chi connectivity index (χ1v) is 3.88. The molecule has 0 radical (unpaired) electrons. The molecule has 10 heavy (non-hydrogen) atoms. The third-order valence-electron chi connectivity index (χ3n) is 3.03. The zero-order valence-corrected chi connectivity index (χ0v) is 7.36. The normalized spacial score (nSPS) is 36.8. The van der Waals surface area contributed by atoms with E-state index in [9.17, 15) is 0 Å². The fourth-order valence-corrected chi connectivity index (χ4v) is 1.46. The van der Waals surface area contributed by atoms with Gasteiger partial charge in [-0.3, -0.25) is 0 Å². The lowest BCUT2D eigenvalue weighted by Gasteiger charge is -2.37. The van der Waals surface area contributed by atoms with Crippen LogP contribution in [0.1, 0.15) is 27.2 Å². The van der Waals surface area contributed by atoms with Crippen LogP contribution in [-0.4, -0.2) is 12.6 Å². The molecule has 0 saturated carbocycles. The second-order valence-electron chi connectivity index (χ2n) is 3.91. The molecule has 0 amide bonds. The summed E-state index contributed by atoms with van der Waals surface area (Å²) in [6.07, 6.45) is 5.70. The average Bonchev–Trinajstić information content (AvgIpc) is 2.10. The number of hydrogen-bond donors (Lipinski definition) is 1. The Hall–Kier alpha value is -0.300. The second-order valence-corrected chi connectivity index (χ2v) is 3.91. The van der Waals surface area contributed by atoms with Crippen molar-refractivity contribution < 1.29 is 0 Å². The van der Waals surface area contributed by atoms with Crippen LogP contribution in [0, 0.1) is 5.41 Å². The highest BCUT2D eigenvalue weighted by molar-refractivity contribution is 5.17. The summed E-state index contributed by atoms with van der Waals surface area (Å²) >= 11 is 0. The van der Waals surface area contributed by atoms with Gasteiger partial charge < -0.3 is 5.32 Å². The van der Waals surface area contributed by atoms with Gasteiger partial charge in [0.1, 0.15) is 0 Å². The highest BCUT2D eigenvalue weighted by Crippen LogP contribution is 2.39. The van der Waals surface area contributed by atoms with Gasteiger partial charge in [0.05, 0.1) is 0 Å². The predicted molar refractivity (Wildman–Crippen MR) is 45.0 cm³/mol. The lowest BCUT2D eigenvalue weighted by molar-refractivity contribution is 0.223. The second kappa shape index (κ2) is 2.09. The minimum atomic E-state index is 0.271. The van der Waals surface area contributed by atoms with Crippen molar-refractivity contribution in [2.24, 2.45) is 5.41 Å². The summed E-state index contributed by atoms with van der Waals surface area (Å²) in [6.45, 7) is 6.81. The molecular formula is C9H17N. The molecular weight excluding hydrogens is 122 g/mol. The van der Waals surface area contributed by atoms with Gasteiger partial charge in [-0.1, -0.05) is 26.0 Å². The van der Waals surface area contributed by atoms with E-state index in [0.717, 1.165) is 6.42 Å². The summed E-state index contributed by atoms with van der Waals surface area (Å²) in [5, 5.41) is 3.37. The summed E-state index contributed by atoms with van der Waals surface area (Å²) in [4.78, 5) is 0. The van der Waals surface area contributed by atoms with Crippen LogP contribution >= 0.6 is 0 Å². The molecule has 1 unspecified atom stereocenters. The van der Waals surface area contributed by atoms with Gasteiger partial charge in [0.25, 0.3) is 0 Å². The molecule has 58 valence electrons. The molecule has 0 aromatic rings. The Labute approximate surface area is 63.5 Å². The van der Waals surface area contributed by atoms with Crippen molar-refractivity contribution in [1.82, 2.24) is 5.32 Å². The van der Waals surface area contributed by atoms with Crippen LogP contribution in [0.25, 0.3) is 0 Å². The zero-order valence-electron chi connectivity index (χ0n) is 7.36. The lowest BCUT2D eigenvalue weighted by Crippen LogP contribution is -2.48. The van der Waals surface area contributed by atoms with Crippen molar-refractivity contribution in [1.29, 1.82) is 0 Å². The molecule has 0 heterocycles. The molecule has 1 N–H and O–H groups in total. The molecule has 0 aliphatic heterocycles. The number of hydrogen-bond acceptors (Lipinski definition) is 1. The van der Waals surface area contributed by atoms with E-state index in [-0.39, 0.29) is 5.54 Å². The molecule has 1 nitrogen and oxygen atoms in total. The van der Waals surface area contributed by atoms with E-state index in [1.807, 2.05) is 7.05 Å². The van der Waals surface area contributed by atoms with E-state index < -0.39 is 0 Å². The Morgan fingerprint density at radius 1 is 1.30 bits per heavy atom. The largest absolute Gasteiger partial charge is 0.313 e. The monoisotopic (exact) mass is 139 g/mol. The Balaban J connectivity index is 2.83. The number of rotatable bonds is 1. The fraction of sp³-hybridized carbons (Fsp3) is 0.778. The van der Waals surface area contributed by atoms with Crippen molar-refractivity contribution in [3.05, 3.63) is 12.2 Å². The smallest absolute Gasteiger partial charge is 0.0270 e. The summed E-state index contributed by atoms with van der Waals surface area (Å²) in [6, 6.07) is 0. The van der Waals surface area contributed by atoms with Gasteiger partial charge in [-0.25, -0.2) is 0 Å². The predicted octanol–water partition coefficient (Wildman–Crippen LogP) is 1.95. The van der Waals surface area contributed by atoms with E-state index in [1.165, 1.54) is 0 Å². The van der Waals surface area contributed by atoms with Crippen LogP contribution in [0.5, 0.6) is 0 Å².